The van der Waals surface area contributed by atoms with Gasteiger partial charge in [-0.05, 0) is 49.9 Å². The highest BCUT2D eigenvalue weighted by molar-refractivity contribution is 5.83. The zero-order valence-electron chi connectivity index (χ0n) is 11.3. The van der Waals surface area contributed by atoms with E-state index in [9.17, 15) is 0 Å². The maximum absolute atomic E-state index is 5.70. The third-order valence-corrected chi connectivity index (χ3v) is 4.03. The molecule has 3 heteroatoms. The average Bonchev–Trinajstić information content (AvgIpc) is 3.06. The van der Waals surface area contributed by atoms with Gasteiger partial charge in [-0.25, -0.2) is 0 Å². The minimum atomic E-state index is 0.463. The van der Waals surface area contributed by atoms with Crippen molar-refractivity contribution in [3.8, 4) is 0 Å². The molecule has 1 atom stereocenters. The molecule has 0 spiro atoms. The zero-order valence-corrected chi connectivity index (χ0v) is 11.3. The van der Waals surface area contributed by atoms with Crippen molar-refractivity contribution in [2.24, 2.45) is 5.73 Å². The lowest BCUT2D eigenvalue weighted by atomic mass is 10.1. The highest BCUT2D eigenvalue weighted by Crippen LogP contribution is 2.22. The molecular formula is C16H22N2O. The molecule has 0 bridgehead atoms. The normalized spacial score (nSPS) is 19.3. The number of hydrogen-bond acceptors (Lipinski definition) is 2. The van der Waals surface area contributed by atoms with Crippen LogP contribution in [-0.4, -0.2) is 23.8 Å². The van der Waals surface area contributed by atoms with E-state index in [1.165, 1.54) is 29.3 Å². The number of ether oxygens (including phenoxy) is 1. The van der Waals surface area contributed by atoms with E-state index < -0.39 is 0 Å². The van der Waals surface area contributed by atoms with Gasteiger partial charge in [-0.3, -0.25) is 0 Å². The number of aryl methyl sites for hydroxylation is 1. The first kappa shape index (κ1) is 12.7. The number of nitrogens with zero attached hydrogens (tertiary/aromatic N) is 1. The first-order valence-electron chi connectivity index (χ1n) is 7.27. The standard InChI is InChI=1S/C16H22N2O/c17-9-6-13-3-1-5-16-15(13)8-11-18(16)10-7-14-4-2-12-19-14/h1,3,5,8,11,14H,2,4,6-7,9-10,12,17H2. The quantitative estimate of drug-likeness (QED) is 0.895. The Morgan fingerprint density at radius 2 is 2.26 bits per heavy atom. The fraction of sp³-hybridized carbons (Fsp3) is 0.500. The predicted octanol–water partition coefficient (Wildman–Crippen LogP) is 2.71. The van der Waals surface area contributed by atoms with Crippen molar-refractivity contribution < 1.29 is 4.74 Å². The van der Waals surface area contributed by atoms with Crippen molar-refractivity contribution >= 4 is 10.9 Å². The largest absolute Gasteiger partial charge is 0.378 e. The van der Waals surface area contributed by atoms with Crippen LogP contribution in [0.15, 0.2) is 30.5 Å². The van der Waals surface area contributed by atoms with E-state index in [4.69, 9.17) is 10.5 Å². The third kappa shape index (κ3) is 2.67. The van der Waals surface area contributed by atoms with Crippen LogP contribution in [0.25, 0.3) is 10.9 Å². The second-order valence-electron chi connectivity index (χ2n) is 5.32. The maximum atomic E-state index is 5.70. The van der Waals surface area contributed by atoms with Crippen LogP contribution in [0.5, 0.6) is 0 Å². The molecule has 1 saturated heterocycles. The molecular weight excluding hydrogens is 236 g/mol. The molecule has 2 heterocycles. The van der Waals surface area contributed by atoms with Crippen LogP contribution >= 0.6 is 0 Å². The van der Waals surface area contributed by atoms with E-state index >= 15 is 0 Å². The van der Waals surface area contributed by atoms with Gasteiger partial charge in [-0.1, -0.05) is 12.1 Å². The van der Waals surface area contributed by atoms with Gasteiger partial charge >= 0.3 is 0 Å². The fourth-order valence-corrected chi connectivity index (χ4v) is 3.01. The Bertz CT molecular complexity index is 541. The van der Waals surface area contributed by atoms with Crippen molar-refractivity contribution in [3.05, 3.63) is 36.0 Å². The number of fused-ring (bicyclic) bond motifs is 1. The minimum Gasteiger partial charge on any atom is -0.378 e. The molecule has 102 valence electrons. The molecule has 0 amide bonds. The van der Waals surface area contributed by atoms with E-state index in [1.54, 1.807) is 0 Å². The lowest BCUT2D eigenvalue weighted by Crippen LogP contribution is -2.09. The van der Waals surface area contributed by atoms with Crippen LogP contribution in [0.3, 0.4) is 0 Å². The SMILES string of the molecule is NCCc1cccc2c1ccn2CCC1CCCO1. The zero-order chi connectivity index (χ0) is 13.1. The van der Waals surface area contributed by atoms with Crippen molar-refractivity contribution in [1.29, 1.82) is 0 Å². The molecule has 3 rings (SSSR count). The Balaban J connectivity index is 1.78. The summed E-state index contributed by atoms with van der Waals surface area (Å²) in [5.41, 5.74) is 8.36. The Morgan fingerprint density at radius 3 is 3.05 bits per heavy atom. The van der Waals surface area contributed by atoms with Gasteiger partial charge in [0.2, 0.25) is 0 Å². The number of hydrogen-bond donors (Lipinski definition) is 1. The summed E-state index contributed by atoms with van der Waals surface area (Å²) in [4.78, 5) is 0. The minimum absolute atomic E-state index is 0.463. The van der Waals surface area contributed by atoms with E-state index in [0.29, 0.717) is 12.6 Å². The van der Waals surface area contributed by atoms with Gasteiger partial charge in [-0.2, -0.15) is 0 Å². The van der Waals surface area contributed by atoms with Crippen LogP contribution < -0.4 is 5.73 Å². The molecule has 1 aliphatic heterocycles. The van der Waals surface area contributed by atoms with Gasteiger partial charge in [0.1, 0.15) is 0 Å². The Morgan fingerprint density at radius 1 is 1.32 bits per heavy atom. The molecule has 0 radical (unpaired) electrons. The summed E-state index contributed by atoms with van der Waals surface area (Å²) in [6, 6.07) is 8.73. The van der Waals surface area contributed by atoms with Gasteiger partial charge in [0.25, 0.3) is 0 Å². The summed E-state index contributed by atoms with van der Waals surface area (Å²) >= 11 is 0. The average molecular weight is 258 g/mol. The third-order valence-electron chi connectivity index (χ3n) is 4.03. The van der Waals surface area contributed by atoms with Crippen molar-refractivity contribution in [3.63, 3.8) is 0 Å². The van der Waals surface area contributed by atoms with E-state index in [0.717, 1.165) is 26.0 Å². The van der Waals surface area contributed by atoms with Crippen LogP contribution in [-0.2, 0) is 17.7 Å². The molecule has 1 fully saturated rings. The van der Waals surface area contributed by atoms with Crippen molar-refractivity contribution in [1.82, 2.24) is 4.57 Å². The van der Waals surface area contributed by atoms with Crippen LogP contribution in [0.2, 0.25) is 0 Å². The number of benzene rings is 1. The predicted molar refractivity (Wildman–Crippen MR) is 78.3 cm³/mol. The second-order valence-corrected chi connectivity index (χ2v) is 5.32. The molecule has 1 aliphatic rings. The Hall–Kier alpha value is -1.32. The molecule has 2 N–H and O–H groups in total. The van der Waals surface area contributed by atoms with Crippen molar-refractivity contribution in [2.75, 3.05) is 13.2 Å². The summed E-state index contributed by atoms with van der Waals surface area (Å²) in [6.45, 7) is 2.69. The highest BCUT2D eigenvalue weighted by Gasteiger charge is 2.15. The van der Waals surface area contributed by atoms with Crippen molar-refractivity contribution in [2.45, 2.75) is 38.3 Å². The van der Waals surface area contributed by atoms with Gasteiger partial charge in [0.15, 0.2) is 0 Å². The lowest BCUT2D eigenvalue weighted by Gasteiger charge is -2.11. The monoisotopic (exact) mass is 258 g/mol. The van der Waals surface area contributed by atoms with E-state index in [2.05, 4.69) is 35.0 Å². The molecule has 3 nitrogen and oxygen atoms in total. The van der Waals surface area contributed by atoms with E-state index in [1.807, 2.05) is 0 Å². The Labute approximate surface area is 114 Å². The van der Waals surface area contributed by atoms with Crippen LogP contribution in [0.4, 0.5) is 0 Å². The summed E-state index contributed by atoms with van der Waals surface area (Å²) in [6.07, 6.45) is 7.16. The number of aromatic nitrogens is 1. The topological polar surface area (TPSA) is 40.2 Å². The van der Waals surface area contributed by atoms with Gasteiger partial charge in [0.05, 0.1) is 6.10 Å². The highest BCUT2D eigenvalue weighted by atomic mass is 16.5. The molecule has 1 aromatic carbocycles. The summed E-state index contributed by atoms with van der Waals surface area (Å²) < 4.78 is 8.04. The van der Waals surface area contributed by atoms with E-state index in [-0.39, 0.29) is 0 Å². The molecule has 19 heavy (non-hydrogen) atoms. The first-order valence-corrected chi connectivity index (χ1v) is 7.27. The maximum Gasteiger partial charge on any atom is 0.0593 e. The summed E-state index contributed by atoms with van der Waals surface area (Å²) in [7, 11) is 0. The number of rotatable bonds is 5. The summed E-state index contributed by atoms with van der Waals surface area (Å²) in [5, 5.41) is 1.35. The smallest absolute Gasteiger partial charge is 0.0593 e. The Kier molecular flexibility index (Phi) is 3.85. The fourth-order valence-electron chi connectivity index (χ4n) is 3.01. The summed E-state index contributed by atoms with van der Waals surface area (Å²) in [5.74, 6) is 0. The second kappa shape index (κ2) is 5.76. The van der Waals surface area contributed by atoms with Crippen LogP contribution in [0, 0.1) is 0 Å². The van der Waals surface area contributed by atoms with Gasteiger partial charge in [0, 0.05) is 30.3 Å². The molecule has 0 saturated carbocycles. The van der Waals surface area contributed by atoms with Crippen LogP contribution in [0.1, 0.15) is 24.8 Å². The molecule has 1 aromatic heterocycles. The molecule has 2 aromatic rings. The van der Waals surface area contributed by atoms with Gasteiger partial charge in [-0.15, -0.1) is 0 Å². The molecule has 0 aliphatic carbocycles. The first-order chi connectivity index (χ1) is 9.38. The number of nitrogens with two attached hydrogens (primary N) is 1. The molecule has 1 unspecified atom stereocenters. The van der Waals surface area contributed by atoms with Gasteiger partial charge < -0.3 is 15.0 Å². The lowest BCUT2D eigenvalue weighted by molar-refractivity contribution is 0.101.